The van der Waals surface area contributed by atoms with E-state index in [9.17, 15) is 4.79 Å². The van der Waals surface area contributed by atoms with Crippen LogP contribution in [0.5, 0.6) is 5.75 Å². The zero-order valence-corrected chi connectivity index (χ0v) is 12.9. The fourth-order valence-electron chi connectivity index (χ4n) is 2.10. The Morgan fingerprint density at radius 3 is 2.57 bits per heavy atom. The Labute approximate surface area is 129 Å². The van der Waals surface area contributed by atoms with Crippen LogP contribution in [0.1, 0.15) is 27.5 Å². The van der Waals surface area contributed by atoms with E-state index in [1.54, 1.807) is 19.2 Å². The highest BCUT2D eigenvalue weighted by Gasteiger charge is 2.15. The molecule has 2 rings (SSSR count). The lowest BCUT2D eigenvalue weighted by atomic mass is 10.1. The maximum atomic E-state index is 12.3. The van der Waals surface area contributed by atoms with E-state index in [1.807, 2.05) is 43.3 Å². The molecule has 0 spiro atoms. The minimum absolute atomic E-state index is 0.164. The lowest BCUT2D eigenvalue weighted by Gasteiger charge is -2.17. The van der Waals surface area contributed by atoms with Crippen molar-refractivity contribution in [3.8, 4) is 5.75 Å². The molecule has 0 saturated carbocycles. The fourth-order valence-corrected chi connectivity index (χ4v) is 2.35. The number of benzene rings is 2. The summed E-state index contributed by atoms with van der Waals surface area (Å²) >= 11 is 5.98. The molecule has 2 aromatic carbocycles. The molecule has 21 heavy (non-hydrogen) atoms. The number of halogens is 1. The normalized spacial score (nSPS) is 11.8. The van der Waals surface area contributed by atoms with Crippen LogP contribution in [0.4, 0.5) is 0 Å². The van der Waals surface area contributed by atoms with E-state index in [0.29, 0.717) is 17.2 Å². The predicted molar refractivity (Wildman–Crippen MR) is 85.1 cm³/mol. The van der Waals surface area contributed by atoms with Gasteiger partial charge in [-0.05, 0) is 30.2 Å². The van der Waals surface area contributed by atoms with Gasteiger partial charge in [0, 0.05) is 11.4 Å². The van der Waals surface area contributed by atoms with E-state index in [4.69, 9.17) is 16.3 Å². The van der Waals surface area contributed by atoms with Gasteiger partial charge in [-0.15, -0.1) is 11.6 Å². The Bertz CT molecular complexity index is 613. The molecule has 0 heterocycles. The number of ether oxygens (including phenoxy) is 1. The molecule has 0 aliphatic rings. The summed E-state index contributed by atoms with van der Waals surface area (Å²) in [5, 5.41) is 2.94. The van der Waals surface area contributed by atoms with E-state index < -0.39 is 0 Å². The van der Waals surface area contributed by atoms with Gasteiger partial charge in [0.1, 0.15) is 5.75 Å². The molecule has 1 unspecified atom stereocenters. The molecule has 4 heteroatoms. The Kier molecular flexibility index (Phi) is 5.23. The Hall–Kier alpha value is -2.00. The van der Waals surface area contributed by atoms with E-state index in [0.717, 1.165) is 11.1 Å². The summed E-state index contributed by atoms with van der Waals surface area (Å²) < 4.78 is 5.25. The molecule has 2 aromatic rings. The molecule has 1 N–H and O–H groups in total. The molecule has 0 fully saturated rings. The number of amides is 1. The van der Waals surface area contributed by atoms with Crippen LogP contribution in [0.15, 0.2) is 48.5 Å². The Balaban J connectivity index is 2.16. The highest BCUT2D eigenvalue weighted by molar-refractivity contribution is 6.18. The first-order valence-corrected chi connectivity index (χ1v) is 7.25. The van der Waals surface area contributed by atoms with Gasteiger partial charge in [-0.3, -0.25) is 4.79 Å². The molecule has 0 aliphatic heterocycles. The van der Waals surface area contributed by atoms with Gasteiger partial charge in [0.15, 0.2) is 0 Å². The third-order valence-corrected chi connectivity index (χ3v) is 3.64. The second kappa shape index (κ2) is 7.14. The second-order valence-electron chi connectivity index (χ2n) is 4.78. The number of hydrogen-bond acceptors (Lipinski definition) is 2. The summed E-state index contributed by atoms with van der Waals surface area (Å²) in [5.74, 6) is 0.853. The summed E-state index contributed by atoms with van der Waals surface area (Å²) in [4.78, 5) is 12.3. The van der Waals surface area contributed by atoms with Crippen molar-refractivity contribution in [3.63, 3.8) is 0 Å². The lowest BCUT2D eigenvalue weighted by Crippen LogP contribution is -2.29. The van der Waals surface area contributed by atoms with E-state index in [2.05, 4.69) is 5.32 Å². The molecule has 0 aromatic heterocycles. The molecule has 0 aliphatic carbocycles. The van der Waals surface area contributed by atoms with Crippen LogP contribution in [-0.4, -0.2) is 18.9 Å². The fraction of sp³-hybridized carbons (Fsp3) is 0.235. The van der Waals surface area contributed by atoms with Crippen LogP contribution in [0, 0.1) is 6.92 Å². The van der Waals surface area contributed by atoms with Gasteiger partial charge in [0.05, 0.1) is 13.2 Å². The van der Waals surface area contributed by atoms with Gasteiger partial charge in [-0.1, -0.05) is 36.4 Å². The molecule has 0 radical (unpaired) electrons. The van der Waals surface area contributed by atoms with Crippen LogP contribution in [0.3, 0.4) is 0 Å². The molecular formula is C17H18ClNO2. The van der Waals surface area contributed by atoms with Gasteiger partial charge >= 0.3 is 0 Å². The number of carbonyl (C=O) groups excluding carboxylic acids is 1. The molecular weight excluding hydrogens is 286 g/mol. The van der Waals surface area contributed by atoms with Gasteiger partial charge < -0.3 is 10.1 Å². The quantitative estimate of drug-likeness (QED) is 0.855. The summed E-state index contributed by atoms with van der Waals surface area (Å²) in [5.41, 5.74) is 2.54. The minimum Gasteiger partial charge on any atom is -0.496 e. The number of methoxy groups -OCH3 is 1. The van der Waals surface area contributed by atoms with Gasteiger partial charge in [0.25, 0.3) is 5.91 Å². The van der Waals surface area contributed by atoms with Crippen LogP contribution in [-0.2, 0) is 0 Å². The molecule has 0 saturated heterocycles. The first-order chi connectivity index (χ1) is 10.2. The van der Waals surface area contributed by atoms with E-state index >= 15 is 0 Å². The van der Waals surface area contributed by atoms with Crippen LogP contribution < -0.4 is 10.1 Å². The van der Waals surface area contributed by atoms with Crippen LogP contribution in [0.2, 0.25) is 0 Å². The highest BCUT2D eigenvalue weighted by atomic mass is 35.5. The Morgan fingerprint density at radius 2 is 1.95 bits per heavy atom. The number of alkyl halides is 1. The van der Waals surface area contributed by atoms with Crippen molar-refractivity contribution in [1.29, 1.82) is 0 Å². The maximum absolute atomic E-state index is 12.3. The zero-order chi connectivity index (χ0) is 15.2. The highest BCUT2D eigenvalue weighted by Crippen LogP contribution is 2.20. The lowest BCUT2D eigenvalue weighted by molar-refractivity contribution is 0.0940. The smallest absolute Gasteiger partial charge is 0.251 e. The van der Waals surface area contributed by atoms with Crippen molar-refractivity contribution in [3.05, 3.63) is 65.2 Å². The number of aryl methyl sites for hydroxylation is 1. The molecule has 3 nitrogen and oxygen atoms in total. The first-order valence-electron chi connectivity index (χ1n) is 6.72. The summed E-state index contributed by atoms with van der Waals surface area (Å²) in [6, 6.07) is 14.9. The Morgan fingerprint density at radius 1 is 1.24 bits per heavy atom. The van der Waals surface area contributed by atoms with Crippen molar-refractivity contribution in [2.75, 3.05) is 13.0 Å². The second-order valence-corrected chi connectivity index (χ2v) is 5.08. The van der Waals surface area contributed by atoms with Crippen molar-refractivity contribution >= 4 is 17.5 Å². The summed E-state index contributed by atoms with van der Waals surface area (Å²) in [6.07, 6.45) is 0. The van der Waals surface area contributed by atoms with E-state index in [1.165, 1.54) is 0 Å². The predicted octanol–water partition coefficient (Wildman–Crippen LogP) is 3.71. The van der Waals surface area contributed by atoms with Gasteiger partial charge in [-0.2, -0.15) is 0 Å². The molecule has 0 bridgehead atoms. The first kappa shape index (κ1) is 15.4. The monoisotopic (exact) mass is 303 g/mol. The average Bonchev–Trinajstić information content (AvgIpc) is 2.53. The van der Waals surface area contributed by atoms with Gasteiger partial charge in [-0.25, -0.2) is 0 Å². The van der Waals surface area contributed by atoms with Crippen molar-refractivity contribution in [2.24, 2.45) is 0 Å². The average molecular weight is 304 g/mol. The summed E-state index contributed by atoms with van der Waals surface area (Å²) in [7, 11) is 1.59. The third kappa shape index (κ3) is 3.76. The number of nitrogens with one attached hydrogen (secondary N) is 1. The molecule has 110 valence electrons. The number of rotatable bonds is 5. The molecule has 1 atom stereocenters. The largest absolute Gasteiger partial charge is 0.496 e. The van der Waals surface area contributed by atoms with Crippen LogP contribution in [0.25, 0.3) is 0 Å². The van der Waals surface area contributed by atoms with Crippen LogP contribution >= 0.6 is 11.6 Å². The SMILES string of the molecule is COc1cc(C(=O)NC(CCl)c2ccccc2)ccc1C. The topological polar surface area (TPSA) is 38.3 Å². The van der Waals surface area contributed by atoms with Crippen molar-refractivity contribution in [2.45, 2.75) is 13.0 Å². The van der Waals surface area contributed by atoms with Crippen molar-refractivity contribution < 1.29 is 9.53 Å². The molecule has 1 amide bonds. The maximum Gasteiger partial charge on any atom is 0.251 e. The number of hydrogen-bond donors (Lipinski definition) is 1. The number of carbonyl (C=O) groups is 1. The standard InChI is InChI=1S/C17H18ClNO2/c1-12-8-9-14(10-16(12)21-2)17(20)19-15(11-18)13-6-4-3-5-7-13/h3-10,15H,11H2,1-2H3,(H,19,20). The third-order valence-electron chi connectivity index (χ3n) is 3.33. The minimum atomic E-state index is -0.215. The van der Waals surface area contributed by atoms with Crippen molar-refractivity contribution in [1.82, 2.24) is 5.32 Å². The summed E-state index contributed by atoms with van der Waals surface area (Å²) in [6.45, 7) is 1.94. The van der Waals surface area contributed by atoms with Gasteiger partial charge in [0.2, 0.25) is 0 Å². The zero-order valence-electron chi connectivity index (χ0n) is 12.1. The van der Waals surface area contributed by atoms with E-state index in [-0.39, 0.29) is 11.9 Å².